The Morgan fingerprint density at radius 1 is 1.04 bits per heavy atom. The Kier molecular flexibility index (Phi) is 5.49. The zero-order valence-electron chi connectivity index (χ0n) is 16.4. The Labute approximate surface area is 161 Å². The second kappa shape index (κ2) is 7.82. The van der Waals surface area contributed by atoms with Crippen molar-refractivity contribution in [3.8, 4) is 0 Å². The molecule has 1 atom stereocenters. The van der Waals surface area contributed by atoms with Crippen LogP contribution in [0, 0.1) is 6.92 Å². The number of piperazine rings is 1. The summed E-state index contributed by atoms with van der Waals surface area (Å²) in [4.78, 5) is 28.8. The molecular formula is C22H27N3O2. The zero-order chi connectivity index (χ0) is 19.6. The molecule has 0 spiro atoms. The van der Waals surface area contributed by atoms with Crippen LogP contribution in [0.25, 0.3) is 0 Å². The van der Waals surface area contributed by atoms with Crippen molar-refractivity contribution in [2.75, 3.05) is 23.3 Å². The molecular weight excluding hydrogens is 338 g/mol. The van der Waals surface area contributed by atoms with E-state index in [1.165, 1.54) is 5.56 Å². The number of amides is 3. The van der Waals surface area contributed by atoms with Crippen molar-refractivity contribution in [2.24, 2.45) is 0 Å². The van der Waals surface area contributed by atoms with E-state index < -0.39 is 6.04 Å². The molecule has 0 radical (unpaired) electrons. The Balaban J connectivity index is 1.68. The van der Waals surface area contributed by atoms with Crippen molar-refractivity contribution >= 4 is 23.3 Å². The van der Waals surface area contributed by atoms with Crippen LogP contribution < -0.4 is 10.2 Å². The Hall–Kier alpha value is -2.82. The molecule has 1 saturated heterocycles. The first kappa shape index (κ1) is 19.0. The number of hydrogen-bond acceptors (Lipinski definition) is 2. The smallest absolute Gasteiger partial charge is 0.311 e. The van der Waals surface area contributed by atoms with Gasteiger partial charge in [0.05, 0.1) is 0 Å². The van der Waals surface area contributed by atoms with E-state index in [0.717, 1.165) is 16.9 Å². The molecule has 1 unspecified atom stereocenters. The second-order valence-corrected chi connectivity index (χ2v) is 7.40. The first-order valence-electron chi connectivity index (χ1n) is 9.42. The third-order valence-corrected chi connectivity index (χ3v) is 5.09. The Morgan fingerprint density at radius 3 is 2.26 bits per heavy atom. The highest BCUT2D eigenvalue weighted by atomic mass is 16.2. The van der Waals surface area contributed by atoms with Crippen LogP contribution in [0.1, 0.15) is 37.8 Å². The summed E-state index contributed by atoms with van der Waals surface area (Å²) in [7, 11) is 0. The second-order valence-electron chi connectivity index (χ2n) is 7.40. The summed E-state index contributed by atoms with van der Waals surface area (Å²) in [5.74, 6) is 0.397. The van der Waals surface area contributed by atoms with Gasteiger partial charge >= 0.3 is 6.03 Å². The van der Waals surface area contributed by atoms with Crippen LogP contribution in [0.2, 0.25) is 0 Å². The van der Waals surface area contributed by atoms with E-state index in [1.54, 1.807) is 16.7 Å². The van der Waals surface area contributed by atoms with Crippen molar-refractivity contribution in [3.63, 3.8) is 0 Å². The molecule has 1 N–H and O–H groups in total. The van der Waals surface area contributed by atoms with Gasteiger partial charge in [0.2, 0.25) is 5.91 Å². The molecule has 1 heterocycles. The lowest BCUT2D eigenvalue weighted by Crippen LogP contribution is -2.58. The molecule has 1 fully saturated rings. The molecule has 1 aliphatic rings. The van der Waals surface area contributed by atoms with E-state index in [-0.39, 0.29) is 11.9 Å². The van der Waals surface area contributed by atoms with Crippen LogP contribution in [0.3, 0.4) is 0 Å². The number of anilines is 2. The number of aryl methyl sites for hydroxylation is 1. The molecule has 142 valence electrons. The molecule has 2 aromatic rings. The van der Waals surface area contributed by atoms with Crippen molar-refractivity contribution in [2.45, 2.75) is 39.7 Å². The molecule has 1 aliphatic heterocycles. The lowest BCUT2D eigenvalue weighted by molar-refractivity contribution is -0.123. The molecule has 2 aromatic carbocycles. The van der Waals surface area contributed by atoms with Gasteiger partial charge < -0.3 is 15.1 Å². The van der Waals surface area contributed by atoms with E-state index >= 15 is 0 Å². The summed E-state index contributed by atoms with van der Waals surface area (Å²) in [5.41, 5.74) is 4.00. The quantitative estimate of drug-likeness (QED) is 0.877. The minimum absolute atomic E-state index is 0.0578. The normalized spacial score (nSPS) is 17.4. The van der Waals surface area contributed by atoms with Gasteiger partial charge in [-0.25, -0.2) is 4.79 Å². The number of nitrogens with one attached hydrogen (secondary N) is 1. The lowest BCUT2D eigenvalue weighted by Gasteiger charge is -2.39. The fourth-order valence-corrected chi connectivity index (χ4v) is 3.28. The van der Waals surface area contributed by atoms with E-state index in [1.807, 2.05) is 43.3 Å². The standard InChI is InChI=1S/C22H27N3O2/c1-15(2)18-7-11-20(12-8-18)25-14-13-24(17(4)21(25)26)22(27)23-19-9-5-16(3)6-10-19/h5-12,15,17H,13-14H2,1-4H3,(H,23,27). The third-order valence-electron chi connectivity index (χ3n) is 5.09. The molecule has 3 amide bonds. The van der Waals surface area contributed by atoms with Crippen LogP contribution in [-0.2, 0) is 4.79 Å². The van der Waals surface area contributed by atoms with Crippen LogP contribution >= 0.6 is 0 Å². The number of benzene rings is 2. The molecule has 0 bridgehead atoms. The average molecular weight is 365 g/mol. The molecule has 5 nitrogen and oxygen atoms in total. The van der Waals surface area contributed by atoms with Gasteiger partial charge in [-0.2, -0.15) is 0 Å². The number of carbonyl (C=O) groups is 2. The number of nitrogens with zero attached hydrogens (tertiary/aromatic N) is 2. The van der Waals surface area contributed by atoms with Crippen molar-refractivity contribution < 1.29 is 9.59 Å². The number of hydrogen-bond donors (Lipinski definition) is 1. The van der Waals surface area contributed by atoms with Crippen LogP contribution in [-0.4, -0.2) is 36.0 Å². The van der Waals surface area contributed by atoms with Crippen molar-refractivity contribution in [1.29, 1.82) is 0 Å². The van der Waals surface area contributed by atoms with Gasteiger partial charge in [-0.05, 0) is 49.6 Å². The van der Waals surface area contributed by atoms with Gasteiger partial charge in [0.25, 0.3) is 0 Å². The molecule has 0 aliphatic carbocycles. The highest BCUT2D eigenvalue weighted by Crippen LogP contribution is 2.24. The summed E-state index contributed by atoms with van der Waals surface area (Å²) in [6.45, 7) is 9.06. The summed E-state index contributed by atoms with van der Waals surface area (Å²) < 4.78 is 0. The van der Waals surface area contributed by atoms with E-state index in [0.29, 0.717) is 19.0 Å². The maximum absolute atomic E-state index is 12.9. The lowest BCUT2D eigenvalue weighted by atomic mass is 10.0. The number of rotatable bonds is 3. The zero-order valence-corrected chi connectivity index (χ0v) is 16.4. The predicted octanol–water partition coefficient (Wildman–Crippen LogP) is 4.39. The van der Waals surface area contributed by atoms with Crippen LogP contribution in [0.15, 0.2) is 48.5 Å². The first-order valence-corrected chi connectivity index (χ1v) is 9.42. The predicted molar refractivity (Wildman–Crippen MR) is 109 cm³/mol. The number of urea groups is 1. The molecule has 5 heteroatoms. The first-order chi connectivity index (χ1) is 12.9. The van der Waals surface area contributed by atoms with Crippen molar-refractivity contribution in [1.82, 2.24) is 4.90 Å². The van der Waals surface area contributed by atoms with Gasteiger partial charge in [0.1, 0.15) is 6.04 Å². The van der Waals surface area contributed by atoms with E-state index in [2.05, 4.69) is 31.3 Å². The highest BCUT2D eigenvalue weighted by Gasteiger charge is 2.35. The third kappa shape index (κ3) is 4.13. The maximum atomic E-state index is 12.9. The van der Waals surface area contributed by atoms with Crippen LogP contribution in [0.5, 0.6) is 0 Å². The van der Waals surface area contributed by atoms with Gasteiger partial charge in [0, 0.05) is 24.5 Å². The Morgan fingerprint density at radius 2 is 1.67 bits per heavy atom. The van der Waals surface area contributed by atoms with Gasteiger partial charge in [-0.15, -0.1) is 0 Å². The molecule has 0 aromatic heterocycles. The fraction of sp³-hybridized carbons (Fsp3) is 0.364. The highest BCUT2D eigenvalue weighted by molar-refractivity contribution is 6.01. The fourth-order valence-electron chi connectivity index (χ4n) is 3.28. The summed E-state index contributed by atoms with van der Waals surface area (Å²) in [5, 5.41) is 2.88. The maximum Gasteiger partial charge on any atom is 0.322 e. The molecule has 27 heavy (non-hydrogen) atoms. The monoisotopic (exact) mass is 365 g/mol. The van der Waals surface area contributed by atoms with Gasteiger partial charge in [-0.3, -0.25) is 4.79 Å². The Bertz CT molecular complexity index is 812. The minimum atomic E-state index is -0.506. The van der Waals surface area contributed by atoms with E-state index in [4.69, 9.17) is 0 Å². The van der Waals surface area contributed by atoms with Gasteiger partial charge in [-0.1, -0.05) is 43.7 Å². The molecule has 3 rings (SSSR count). The SMILES string of the molecule is Cc1ccc(NC(=O)N2CCN(c3ccc(C(C)C)cc3)C(=O)C2C)cc1. The summed E-state index contributed by atoms with van der Waals surface area (Å²) >= 11 is 0. The average Bonchev–Trinajstić information content (AvgIpc) is 2.65. The summed E-state index contributed by atoms with van der Waals surface area (Å²) in [6, 6.07) is 15.0. The van der Waals surface area contributed by atoms with Crippen LogP contribution in [0.4, 0.5) is 16.2 Å². The molecule has 0 saturated carbocycles. The van der Waals surface area contributed by atoms with Crippen molar-refractivity contribution in [3.05, 3.63) is 59.7 Å². The topological polar surface area (TPSA) is 52.7 Å². The van der Waals surface area contributed by atoms with Gasteiger partial charge in [0.15, 0.2) is 0 Å². The summed E-state index contributed by atoms with van der Waals surface area (Å²) in [6.07, 6.45) is 0. The minimum Gasteiger partial charge on any atom is -0.311 e. The van der Waals surface area contributed by atoms with E-state index in [9.17, 15) is 9.59 Å². The largest absolute Gasteiger partial charge is 0.322 e. The number of carbonyl (C=O) groups excluding carboxylic acids is 2.